The highest BCUT2D eigenvalue weighted by Crippen LogP contribution is 2.27. The molecule has 2 aromatic carbocycles. The van der Waals surface area contributed by atoms with Crippen LogP contribution in [-0.2, 0) is 16.0 Å². The van der Waals surface area contributed by atoms with Crippen LogP contribution >= 0.6 is 0 Å². The molecule has 46 heavy (non-hydrogen) atoms. The number of aromatic nitrogens is 1. The van der Waals surface area contributed by atoms with Gasteiger partial charge in [0.15, 0.2) is 17.4 Å². The fourth-order valence-corrected chi connectivity index (χ4v) is 4.86. The third-order valence-electron chi connectivity index (χ3n) is 7.02. The molecule has 1 atom stereocenters. The van der Waals surface area contributed by atoms with E-state index < -0.39 is 51.9 Å². The number of anilines is 1. The first-order valence-corrected chi connectivity index (χ1v) is 15.4. The first-order valence-electron chi connectivity index (χ1n) is 15.4. The van der Waals surface area contributed by atoms with Crippen molar-refractivity contribution < 1.29 is 32.2 Å². The molecule has 0 spiro atoms. The number of carbonyl (C=O) groups excluding carboxylic acids is 2. The molecule has 0 amide bonds. The second-order valence-electron chi connectivity index (χ2n) is 12.0. The van der Waals surface area contributed by atoms with Crippen LogP contribution in [0.4, 0.5) is 19.0 Å². The number of pyridine rings is 1. The van der Waals surface area contributed by atoms with Gasteiger partial charge < -0.3 is 26.3 Å². The quantitative estimate of drug-likeness (QED) is 0.110. The molecule has 9 nitrogen and oxygen atoms in total. The molecule has 0 unspecified atom stereocenters. The Labute approximate surface area is 267 Å². The molecule has 1 heterocycles. The zero-order chi connectivity index (χ0) is 34.0. The van der Waals surface area contributed by atoms with Gasteiger partial charge in [0.25, 0.3) is 5.56 Å². The van der Waals surface area contributed by atoms with Crippen LogP contribution in [0.5, 0.6) is 5.75 Å². The Balaban J connectivity index is 1.73. The lowest BCUT2D eigenvalue weighted by molar-refractivity contribution is -0.157. The van der Waals surface area contributed by atoms with Crippen molar-refractivity contribution in [2.24, 2.45) is 5.73 Å². The van der Waals surface area contributed by atoms with E-state index in [4.69, 9.17) is 20.9 Å². The normalized spacial score (nSPS) is 12.2. The van der Waals surface area contributed by atoms with Crippen molar-refractivity contribution in [1.82, 2.24) is 9.88 Å². The molecular weight excluding hydrogens is 601 g/mol. The van der Waals surface area contributed by atoms with Gasteiger partial charge >= 0.3 is 5.97 Å². The van der Waals surface area contributed by atoms with Gasteiger partial charge in [0.05, 0.1) is 17.7 Å². The summed E-state index contributed by atoms with van der Waals surface area (Å²) in [4.78, 5) is 38.5. The van der Waals surface area contributed by atoms with Gasteiger partial charge in [-0.15, -0.1) is 0 Å². The Hall–Kier alpha value is -4.16. The molecule has 0 saturated heterocycles. The van der Waals surface area contributed by atoms with E-state index in [-0.39, 0.29) is 29.5 Å². The van der Waals surface area contributed by atoms with Crippen LogP contribution in [0, 0.1) is 17.5 Å². The van der Waals surface area contributed by atoms with E-state index in [0.717, 1.165) is 43.5 Å². The lowest BCUT2D eigenvalue weighted by Gasteiger charge is -2.24. The largest absolute Gasteiger partial charge is 0.493 e. The number of esters is 1. The zero-order valence-corrected chi connectivity index (χ0v) is 26.8. The number of hydrogen-bond donors (Lipinski definition) is 3. The third-order valence-corrected chi connectivity index (χ3v) is 7.02. The van der Waals surface area contributed by atoms with Crippen molar-refractivity contribution in [3.8, 4) is 11.4 Å². The Bertz CT molecular complexity index is 1560. The van der Waals surface area contributed by atoms with Crippen LogP contribution in [0.25, 0.3) is 5.69 Å². The van der Waals surface area contributed by atoms with Gasteiger partial charge in [-0.3, -0.25) is 19.0 Å². The minimum Gasteiger partial charge on any atom is -0.493 e. The minimum atomic E-state index is -1.16. The van der Waals surface area contributed by atoms with E-state index in [1.54, 1.807) is 26.8 Å². The van der Waals surface area contributed by atoms with Gasteiger partial charge in [-0.05, 0) is 83.3 Å². The average molecular weight is 645 g/mol. The summed E-state index contributed by atoms with van der Waals surface area (Å²) in [6.45, 7) is 8.23. The van der Waals surface area contributed by atoms with Crippen molar-refractivity contribution in [3.05, 3.63) is 87.0 Å². The Morgan fingerprint density at radius 3 is 2.24 bits per heavy atom. The van der Waals surface area contributed by atoms with Gasteiger partial charge in [-0.1, -0.05) is 25.8 Å². The number of ether oxygens (including phenoxy) is 2. The van der Waals surface area contributed by atoms with Crippen molar-refractivity contribution in [2.45, 2.75) is 77.9 Å². The molecule has 3 rings (SSSR count). The van der Waals surface area contributed by atoms with Gasteiger partial charge in [-0.2, -0.15) is 0 Å². The summed E-state index contributed by atoms with van der Waals surface area (Å²) in [6, 6.07) is 7.47. The van der Waals surface area contributed by atoms with Gasteiger partial charge in [0, 0.05) is 18.2 Å². The number of benzene rings is 2. The second kappa shape index (κ2) is 16.4. The number of rotatable bonds is 16. The van der Waals surface area contributed by atoms with Crippen LogP contribution in [-0.4, -0.2) is 47.7 Å². The van der Waals surface area contributed by atoms with Gasteiger partial charge in [0.1, 0.15) is 34.7 Å². The Kier molecular flexibility index (Phi) is 13.0. The molecule has 0 bridgehead atoms. The molecule has 0 aliphatic carbocycles. The summed E-state index contributed by atoms with van der Waals surface area (Å²) in [7, 11) is 0. The number of nitrogens with zero attached hydrogens (tertiary/aromatic N) is 1. The number of nitrogens with one attached hydrogen (secondary N) is 1. The van der Waals surface area contributed by atoms with Crippen LogP contribution in [0.3, 0.4) is 0 Å². The molecular formula is C34H43F3N4O5. The maximum Gasteiger partial charge on any atom is 0.323 e. The third kappa shape index (κ3) is 9.67. The zero-order valence-electron chi connectivity index (χ0n) is 26.8. The van der Waals surface area contributed by atoms with E-state index >= 15 is 8.78 Å². The fourth-order valence-electron chi connectivity index (χ4n) is 4.86. The van der Waals surface area contributed by atoms with Crippen LogP contribution < -0.4 is 27.1 Å². The van der Waals surface area contributed by atoms with Crippen LogP contribution in [0.1, 0.15) is 81.3 Å². The smallest absolute Gasteiger partial charge is 0.323 e. The standard InChI is InChI=1S/C34H43F3N4O5/c1-5-9-21-11-12-23(25(35)18-21)31(43)24-13-14-29(42)41(32(24)39)30-26(36)19-22(20-27(30)37)45-17-8-16-40-28(10-6-7-15-38)33(44)46-34(2,3)4/h11-14,18-20,28,40H,5-10,15-17,38-39H2,1-4H3/t28-/m1/s1. The van der Waals surface area contributed by atoms with Crippen LogP contribution in [0.15, 0.2) is 47.3 Å². The Morgan fingerprint density at radius 2 is 1.63 bits per heavy atom. The fraction of sp³-hybridized carbons (Fsp3) is 0.441. The summed E-state index contributed by atoms with van der Waals surface area (Å²) in [5.41, 5.74) is 9.46. The average Bonchev–Trinajstić information content (AvgIpc) is 2.96. The van der Waals surface area contributed by atoms with Crippen molar-refractivity contribution in [3.63, 3.8) is 0 Å². The molecule has 5 N–H and O–H groups in total. The van der Waals surface area contributed by atoms with Gasteiger partial charge in [0.2, 0.25) is 0 Å². The first kappa shape index (κ1) is 36.3. The first-order chi connectivity index (χ1) is 21.8. The molecule has 0 fully saturated rings. The Morgan fingerprint density at radius 1 is 0.957 bits per heavy atom. The highest BCUT2D eigenvalue weighted by atomic mass is 19.1. The van der Waals surface area contributed by atoms with E-state index in [2.05, 4.69) is 5.32 Å². The van der Waals surface area contributed by atoms with Gasteiger partial charge in [-0.25, -0.2) is 13.2 Å². The predicted molar refractivity (Wildman–Crippen MR) is 171 cm³/mol. The van der Waals surface area contributed by atoms with E-state index in [1.807, 2.05) is 6.92 Å². The number of halogens is 3. The van der Waals surface area contributed by atoms with E-state index in [1.165, 1.54) is 12.1 Å². The number of hydrogen-bond acceptors (Lipinski definition) is 8. The summed E-state index contributed by atoms with van der Waals surface area (Å²) in [5.74, 6) is -4.99. The predicted octanol–water partition coefficient (Wildman–Crippen LogP) is 5.22. The summed E-state index contributed by atoms with van der Waals surface area (Å²) in [5, 5.41) is 3.14. The van der Waals surface area contributed by atoms with Crippen molar-refractivity contribution in [2.75, 3.05) is 25.4 Å². The maximum atomic E-state index is 15.3. The molecule has 0 aliphatic heterocycles. The molecule has 3 aromatic rings. The topological polar surface area (TPSA) is 139 Å². The minimum absolute atomic E-state index is 0.0593. The lowest BCUT2D eigenvalue weighted by Crippen LogP contribution is -2.42. The summed E-state index contributed by atoms with van der Waals surface area (Å²) < 4.78 is 56.9. The number of unbranched alkanes of at least 4 members (excludes halogenated alkanes) is 1. The maximum absolute atomic E-state index is 15.3. The van der Waals surface area contributed by atoms with Crippen LogP contribution in [0.2, 0.25) is 0 Å². The number of ketones is 1. The SMILES string of the molecule is CCCc1ccc(C(=O)c2ccc(=O)n(-c3c(F)cc(OCCCN[C@H](CCCCN)C(=O)OC(C)(C)C)cc3F)c2N)c(F)c1. The molecule has 0 saturated carbocycles. The second-order valence-corrected chi connectivity index (χ2v) is 12.0. The highest BCUT2D eigenvalue weighted by molar-refractivity contribution is 6.12. The molecule has 0 aliphatic rings. The molecule has 250 valence electrons. The van der Waals surface area contributed by atoms with Crippen molar-refractivity contribution >= 4 is 17.6 Å². The number of aryl methyl sites for hydroxylation is 1. The number of nitrogens with two attached hydrogens (primary N) is 2. The lowest BCUT2D eigenvalue weighted by atomic mass is 10.00. The molecule has 0 radical (unpaired) electrons. The molecule has 12 heteroatoms. The van der Waals surface area contributed by atoms with Crippen molar-refractivity contribution in [1.29, 1.82) is 0 Å². The van der Waals surface area contributed by atoms with E-state index in [0.29, 0.717) is 42.5 Å². The summed E-state index contributed by atoms with van der Waals surface area (Å²) in [6.07, 6.45) is 3.85. The number of carbonyl (C=O) groups is 2. The summed E-state index contributed by atoms with van der Waals surface area (Å²) >= 11 is 0. The number of nitrogen functional groups attached to an aromatic ring is 1. The molecule has 1 aromatic heterocycles. The monoisotopic (exact) mass is 644 g/mol. The highest BCUT2D eigenvalue weighted by Gasteiger charge is 2.25. The van der Waals surface area contributed by atoms with E-state index in [9.17, 15) is 18.8 Å².